The molecule has 0 N–H and O–H groups in total. The molecule has 48 valence electrons. The van der Waals surface area contributed by atoms with Crippen LogP contribution in [-0.4, -0.2) is 10.5 Å². The predicted molar refractivity (Wildman–Crippen MR) is 40.3 cm³/mol. The molecule has 0 amide bonds. The van der Waals surface area contributed by atoms with Crippen LogP contribution in [0.25, 0.3) is 0 Å². The SMILES string of the molecule is CC(C)CC1SC1C. The second-order valence-corrected chi connectivity index (χ2v) is 4.63. The highest BCUT2D eigenvalue weighted by Crippen LogP contribution is 2.44. The van der Waals surface area contributed by atoms with Gasteiger partial charge in [0.1, 0.15) is 0 Å². The maximum atomic E-state index is 2.32. The normalized spacial score (nSPS) is 36.0. The standard InChI is InChI=1S/C7H14S/c1-5(2)4-7-6(3)8-7/h5-7H,4H2,1-3H3. The average molecular weight is 130 g/mol. The second kappa shape index (κ2) is 2.30. The highest BCUT2D eigenvalue weighted by Gasteiger charge is 2.33. The topological polar surface area (TPSA) is 0 Å². The lowest BCUT2D eigenvalue weighted by atomic mass is 10.1. The van der Waals surface area contributed by atoms with E-state index in [1.54, 1.807) is 0 Å². The zero-order chi connectivity index (χ0) is 6.15. The van der Waals surface area contributed by atoms with Crippen molar-refractivity contribution in [3.05, 3.63) is 0 Å². The molecule has 0 bridgehead atoms. The molecule has 0 spiro atoms. The summed E-state index contributed by atoms with van der Waals surface area (Å²) in [4.78, 5) is 0. The fraction of sp³-hybridized carbons (Fsp3) is 1.00. The minimum absolute atomic E-state index is 0.900. The van der Waals surface area contributed by atoms with Crippen molar-refractivity contribution in [3.63, 3.8) is 0 Å². The quantitative estimate of drug-likeness (QED) is 0.518. The van der Waals surface area contributed by atoms with Crippen LogP contribution in [0.3, 0.4) is 0 Å². The Morgan fingerprint density at radius 2 is 2.00 bits per heavy atom. The third-order valence-electron chi connectivity index (χ3n) is 1.54. The molecule has 0 aromatic carbocycles. The fourth-order valence-corrected chi connectivity index (χ4v) is 2.01. The van der Waals surface area contributed by atoms with Gasteiger partial charge in [0.15, 0.2) is 0 Å². The van der Waals surface area contributed by atoms with Gasteiger partial charge in [-0.15, -0.1) is 0 Å². The Kier molecular flexibility index (Phi) is 1.86. The molecule has 0 saturated carbocycles. The summed E-state index contributed by atoms with van der Waals surface area (Å²) < 4.78 is 0. The van der Waals surface area contributed by atoms with Crippen LogP contribution in [0.5, 0.6) is 0 Å². The molecular weight excluding hydrogens is 116 g/mol. The number of rotatable bonds is 2. The molecule has 0 aliphatic carbocycles. The summed E-state index contributed by atoms with van der Waals surface area (Å²) in [6, 6.07) is 0. The summed E-state index contributed by atoms with van der Waals surface area (Å²) in [5.41, 5.74) is 0. The first kappa shape index (κ1) is 6.47. The Balaban J connectivity index is 2.05. The monoisotopic (exact) mass is 130 g/mol. The molecule has 1 aliphatic heterocycles. The van der Waals surface area contributed by atoms with E-state index in [9.17, 15) is 0 Å². The van der Waals surface area contributed by atoms with Crippen LogP contribution in [0.15, 0.2) is 0 Å². The van der Waals surface area contributed by atoms with Crippen molar-refractivity contribution in [1.82, 2.24) is 0 Å². The summed E-state index contributed by atoms with van der Waals surface area (Å²) in [6.45, 7) is 6.91. The minimum Gasteiger partial charge on any atom is -0.153 e. The van der Waals surface area contributed by atoms with Crippen molar-refractivity contribution in [2.24, 2.45) is 5.92 Å². The van der Waals surface area contributed by atoms with Crippen molar-refractivity contribution in [2.45, 2.75) is 37.7 Å². The summed E-state index contributed by atoms with van der Waals surface area (Å²) in [5, 5.41) is 1.98. The van der Waals surface area contributed by atoms with Gasteiger partial charge >= 0.3 is 0 Å². The molecule has 0 nitrogen and oxygen atoms in total. The number of hydrogen-bond acceptors (Lipinski definition) is 1. The predicted octanol–water partition coefficient (Wildman–Crippen LogP) is 2.54. The van der Waals surface area contributed by atoms with Crippen LogP contribution in [0.1, 0.15) is 27.2 Å². The van der Waals surface area contributed by atoms with Crippen molar-refractivity contribution in [1.29, 1.82) is 0 Å². The van der Waals surface area contributed by atoms with E-state index >= 15 is 0 Å². The Morgan fingerprint density at radius 3 is 2.12 bits per heavy atom. The van der Waals surface area contributed by atoms with Crippen molar-refractivity contribution >= 4 is 11.8 Å². The minimum atomic E-state index is 0.900. The molecule has 1 fully saturated rings. The molecule has 1 aliphatic rings. The van der Waals surface area contributed by atoms with Gasteiger partial charge in [-0.3, -0.25) is 0 Å². The summed E-state index contributed by atoms with van der Waals surface area (Å²) in [7, 11) is 0. The highest BCUT2D eigenvalue weighted by atomic mass is 32.2. The number of thioether (sulfide) groups is 1. The van der Waals surface area contributed by atoms with E-state index < -0.39 is 0 Å². The van der Waals surface area contributed by atoms with Gasteiger partial charge in [0.2, 0.25) is 0 Å². The molecule has 1 heterocycles. The first-order chi connectivity index (χ1) is 3.70. The van der Waals surface area contributed by atoms with E-state index in [0.717, 1.165) is 16.4 Å². The van der Waals surface area contributed by atoms with Gasteiger partial charge < -0.3 is 0 Å². The Morgan fingerprint density at radius 1 is 1.50 bits per heavy atom. The molecule has 0 aromatic heterocycles. The third kappa shape index (κ3) is 1.70. The molecule has 1 heteroatoms. The molecule has 0 radical (unpaired) electrons. The third-order valence-corrected chi connectivity index (χ3v) is 2.93. The maximum absolute atomic E-state index is 2.32. The van der Waals surface area contributed by atoms with E-state index in [-0.39, 0.29) is 0 Å². The Labute approximate surface area is 56.0 Å². The van der Waals surface area contributed by atoms with Crippen LogP contribution < -0.4 is 0 Å². The van der Waals surface area contributed by atoms with Crippen molar-refractivity contribution in [2.75, 3.05) is 0 Å². The van der Waals surface area contributed by atoms with E-state index in [1.165, 1.54) is 6.42 Å². The van der Waals surface area contributed by atoms with Crippen molar-refractivity contribution < 1.29 is 0 Å². The van der Waals surface area contributed by atoms with Gasteiger partial charge in [-0.05, 0) is 12.3 Å². The van der Waals surface area contributed by atoms with E-state index in [1.807, 2.05) is 0 Å². The van der Waals surface area contributed by atoms with Gasteiger partial charge in [-0.25, -0.2) is 0 Å². The van der Waals surface area contributed by atoms with Gasteiger partial charge in [0.25, 0.3) is 0 Å². The van der Waals surface area contributed by atoms with Gasteiger partial charge in [0.05, 0.1) is 0 Å². The molecule has 1 rings (SSSR count). The van der Waals surface area contributed by atoms with Gasteiger partial charge in [-0.1, -0.05) is 20.8 Å². The first-order valence-corrected chi connectivity index (χ1v) is 4.30. The van der Waals surface area contributed by atoms with Crippen LogP contribution in [0.4, 0.5) is 0 Å². The second-order valence-electron chi connectivity index (χ2n) is 3.01. The largest absolute Gasteiger partial charge is 0.153 e. The van der Waals surface area contributed by atoms with Gasteiger partial charge in [-0.2, -0.15) is 11.8 Å². The highest BCUT2D eigenvalue weighted by molar-refractivity contribution is 8.07. The molecule has 2 atom stereocenters. The van der Waals surface area contributed by atoms with Crippen LogP contribution in [0, 0.1) is 5.92 Å². The Bertz CT molecular complexity index is 78.5. The zero-order valence-corrected chi connectivity index (χ0v) is 6.66. The lowest BCUT2D eigenvalue weighted by Crippen LogP contribution is -1.95. The summed E-state index contributed by atoms with van der Waals surface area (Å²) >= 11 is 2.12. The smallest absolute Gasteiger partial charge is 0.0169 e. The molecule has 1 saturated heterocycles. The van der Waals surface area contributed by atoms with E-state index in [4.69, 9.17) is 0 Å². The lowest BCUT2D eigenvalue weighted by Gasteiger charge is -1.98. The fourth-order valence-electron chi connectivity index (χ4n) is 0.942. The van der Waals surface area contributed by atoms with Crippen LogP contribution >= 0.6 is 11.8 Å². The van der Waals surface area contributed by atoms with Gasteiger partial charge in [0, 0.05) is 10.5 Å². The zero-order valence-electron chi connectivity index (χ0n) is 5.85. The van der Waals surface area contributed by atoms with Crippen LogP contribution in [-0.2, 0) is 0 Å². The summed E-state index contributed by atoms with van der Waals surface area (Å²) in [6.07, 6.45) is 1.42. The molecule has 0 aromatic rings. The molecule has 8 heavy (non-hydrogen) atoms. The Hall–Kier alpha value is 0.350. The molecule has 2 unspecified atom stereocenters. The van der Waals surface area contributed by atoms with E-state index in [2.05, 4.69) is 32.5 Å². The van der Waals surface area contributed by atoms with Crippen LogP contribution in [0.2, 0.25) is 0 Å². The summed E-state index contributed by atoms with van der Waals surface area (Å²) in [5.74, 6) is 0.900. The average Bonchev–Trinajstić information content (AvgIpc) is 2.17. The number of hydrogen-bond donors (Lipinski definition) is 0. The molecular formula is C7H14S. The first-order valence-electron chi connectivity index (χ1n) is 3.35. The van der Waals surface area contributed by atoms with Crippen molar-refractivity contribution in [3.8, 4) is 0 Å². The van der Waals surface area contributed by atoms with E-state index in [0.29, 0.717) is 0 Å². The maximum Gasteiger partial charge on any atom is 0.0169 e. The lowest BCUT2D eigenvalue weighted by molar-refractivity contribution is 0.589.